The topological polar surface area (TPSA) is 68.2 Å². The Morgan fingerprint density at radius 3 is 2.68 bits per heavy atom. The molecule has 130 valence electrons. The van der Waals surface area contributed by atoms with Gasteiger partial charge in [0, 0.05) is 25.0 Å². The number of alkyl halides is 2. The largest absolute Gasteiger partial charge is 0.342 e. The molecule has 0 fully saturated rings. The van der Waals surface area contributed by atoms with Crippen molar-refractivity contribution in [3.8, 4) is 0 Å². The summed E-state index contributed by atoms with van der Waals surface area (Å²) in [5.41, 5.74) is 2.13. The van der Waals surface area contributed by atoms with Gasteiger partial charge in [-0.05, 0) is 23.6 Å². The molecule has 25 heavy (non-hydrogen) atoms. The monoisotopic (exact) mass is 344 g/mol. The Bertz CT molecular complexity index is 798. The van der Waals surface area contributed by atoms with Crippen LogP contribution in [-0.4, -0.2) is 30.0 Å². The molecule has 0 spiro atoms. The van der Waals surface area contributed by atoms with Crippen LogP contribution in [0.15, 0.2) is 59.7 Å². The highest BCUT2D eigenvalue weighted by Crippen LogP contribution is 2.21. The van der Waals surface area contributed by atoms with Crippen LogP contribution in [0.4, 0.5) is 8.78 Å². The van der Waals surface area contributed by atoms with Crippen molar-refractivity contribution in [1.29, 1.82) is 5.41 Å². The van der Waals surface area contributed by atoms with E-state index in [9.17, 15) is 13.6 Å². The van der Waals surface area contributed by atoms with E-state index in [4.69, 9.17) is 5.41 Å². The van der Waals surface area contributed by atoms with E-state index >= 15 is 0 Å². The molecule has 1 aromatic carbocycles. The lowest BCUT2D eigenvalue weighted by Crippen LogP contribution is -2.41. The fourth-order valence-electron chi connectivity index (χ4n) is 2.93. The van der Waals surface area contributed by atoms with E-state index in [0.29, 0.717) is 13.1 Å². The maximum atomic E-state index is 13.0. The third-order valence-electron chi connectivity index (χ3n) is 4.18. The number of fused-ring (bicyclic) bond motifs is 1. The molecular formula is C18H18F2N4O. The average molecular weight is 344 g/mol. The molecule has 1 amide bonds. The van der Waals surface area contributed by atoms with Gasteiger partial charge in [0.2, 0.25) is 0 Å². The summed E-state index contributed by atoms with van der Waals surface area (Å²) in [6.45, 7) is 4.56. The third kappa shape index (κ3) is 3.45. The summed E-state index contributed by atoms with van der Waals surface area (Å²) >= 11 is 0. The number of benzene rings is 1. The quantitative estimate of drug-likeness (QED) is 0.582. The molecule has 2 heterocycles. The zero-order valence-electron chi connectivity index (χ0n) is 13.5. The van der Waals surface area contributed by atoms with Crippen LogP contribution in [0.25, 0.3) is 0 Å². The molecule has 0 saturated heterocycles. The van der Waals surface area contributed by atoms with Crippen LogP contribution in [0.5, 0.6) is 0 Å². The van der Waals surface area contributed by atoms with E-state index in [-0.39, 0.29) is 28.7 Å². The number of nitrogens with one attached hydrogen (secondary N) is 3. The lowest BCUT2D eigenvalue weighted by molar-refractivity contribution is -0.127. The summed E-state index contributed by atoms with van der Waals surface area (Å²) in [7, 11) is 0. The van der Waals surface area contributed by atoms with Gasteiger partial charge in [-0.15, -0.1) is 0 Å². The summed E-state index contributed by atoms with van der Waals surface area (Å²) in [6, 6.07) is 7.86. The fourth-order valence-corrected chi connectivity index (χ4v) is 2.93. The van der Waals surface area contributed by atoms with Crippen LogP contribution in [0.1, 0.15) is 11.1 Å². The fraction of sp³-hybridized carbons (Fsp3) is 0.222. The van der Waals surface area contributed by atoms with Crippen molar-refractivity contribution in [1.82, 2.24) is 15.5 Å². The minimum Gasteiger partial charge on any atom is -0.342 e. The van der Waals surface area contributed by atoms with Crippen LogP contribution in [0.2, 0.25) is 0 Å². The summed E-state index contributed by atoms with van der Waals surface area (Å²) in [5.74, 6) is -0.329. The minimum absolute atomic E-state index is 0.00761. The summed E-state index contributed by atoms with van der Waals surface area (Å²) in [6.07, 6.45) is 0.0490. The second-order valence-electron chi connectivity index (χ2n) is 5.85. The Kier molecular flexibility index (Phi) is 4.65. The SMILES string of the molecule is C=C1C=C(C(F)F)N/C(=C(\C=N)C(=O)N2CCc3ccccc3C2)N1. The molecule has 2 aliphatic rings. The lowest BCUT2D eigenvalue weighted by Gasteiger charge is -2.30. The number of nitrogens with zero attached hydrogens (tertiary/aromatic N) is 1. The summed E-state index contributed by atoms with van der Waals surface area (Å²) < 4.78 is 26.0. The van der Waals surface area contributed by atoms with Gasteiger partial charge in [0.25, 0.3) is 12.3 Å². The second kappa shape index (κ2) is 6.88. The van der Waals surface area contributed by atoms with Gasteiger partial charge in [0.15, 0.2) is 0 Å². The maximum Gasteiger partial charge on any atom is 0.278 e. The third-order valence-corrected chi connectivity index (χ3v) is 4.18. The maximum absolute atomic E-state index is 13.0. The molecule has 7 heteroatoms. The molecule has 0 aromatic heterocycles. The van der Waals surface area contributed by atoms with Crippen molar-refractivity contribution < 1.29 is 13.6 Å². The molecule has 1 aromatic rings. The standard InChI is InChI=1S/C18H18F2N4O/c1-11-8-15(16(19)20)23-17(22-11)14(9-21)18(25)24-7-6-12-4-2-3-5-13(12)10-24/h2-5,8-9,16,21-23H,1,6-7,10H2/b17-14+,21-9?. The van der Waals surface area contributed by atoms with Crippen molar-refractivity contribution in [3.63, 3.8) is 0 Å². The first-order valence-corrected chi connectivity index (χ1v) is 7.83. The number of halogens is 2. The van der Waals surface area contributed by atoms with Gasteiger partial charge in [-0.2, -0.15) is 0 Å². The number of carbonyl (C=O) groups is 1. The van der Waals surface area contributed by atoms with E-state index < -0.39 is 6.43 Å². The highest BCUT2D eigenvalue weighted by Gasteiger charge is 2.27. The molecule has 0 atom stereocenters. The molecule has 3 N–H and O–H groups in total. The van der Waals surface area contributed by atoms with E-state index in [0.717, 1.165) is 18.2 Å². The normalized spacial score (nSPS) is 18.8. The Morgan fingerprint density at radius 2 is 2.00 bits per heavy atom. The number of rotatable bonds is 3. The first-order chi connectivity index (χ1) is 12.0. The van der Waals surface area contributed by atoms with Crippen molar-refractivity contribution in [2.45, 2.75) is 19.4 Å². The summed E-state index contributed by atoms with van der Waals surface area (Å²) in [4.78, 5) is 14.4. The van der Waals surface area contributed by atoms with E-state index in [1.54, 1.807) is 4.90 Å². The van der Waals surface area contributed by atoms with Crippen molar-refractivity contribution >= 4 is 12.1 Å². The van der Waals surface area contributed by atoms with Crippen LogP contribution < -0.4 is 10.6 Å². The molecule has 0 radical (unpaired) electrons. The average Bonchev–Trinajstić information content (AvgIpc) is 2.61. The Balaban J connectivity index is 1.86. The van der Waals surface area contributed by atoms with Gasteiger partial charge >= 0.3 is 0 Å². The zero-order chi connectivity index (χ0) is 18.0. The molecule has 2 aliphatic heterocycles. The smallest absolute Gasteiger partial charge is 0.278 e. The van der Waals surface area contributed by atoms with Crippen LogP contribution in [0.3, 0.4) is 0 Å². The van der Waals surface area contributed by atoms with Crippen molar-refractivity contribution in [3.05, 3.63) is 70.8 Å². The predicted molar refractivity (Wildman–Crippen MR) is 90.9 cm³/mol. The van der Waals surface area contributed by atoms with Crippen molar-refractivity contribution in [2.24, 2.45) is 0 Å². The Labute approximate surface area is 144 Å². The zero-order valence-corrected chi connectivity index (χ0v) is 13.5. The Hall–Kier alpha value is -2.96. The first-order valence-electron chi connectivity index (χ1n) is 7.83. The van der Waals surface area contributed by atoms with Gasteiger partial charge in [0.1, 0.15) is 5.82 Å². The Morgan fingerprint density at radius 1 is 1.28 bits per heavy atom. The second-order valence-corrected chi connectivity index (χ2v) is 5.85. The van der Waals surface area contributed by atoms with Gasteiger partial charge in [-0.25, -0.2) is 8.78 Å². The van der Waals surface area contributed by atoms with E-state index in [1.807, 2.05) is 24.3 Å². The van der Waals surface area contributed by atoms with E-state index in [1.165, 1.54) is 11.6 Å². The van der Waals surface area contributed by atoms with Gasteiger partial charge in [-0.3, -0.25) is 4.79 Å². The highest BCUT2D eigenvalue weighted by atomic mass is 19.3. The number of allylic oxidation sites excluding steroid dienone is 2. The molecule has 0 saturated carbocycles. The molecule has 0 unspecified atom stereocenters. The number of carbonyl (C=O) groups excluding carboxylic acids is 1. The lowest BCUT2D eigenvalue weighted by atomic mass is 9.99. The molecule has 0 aliphatic carbocycles. The number of hydrogen-bond donors (Lipinski definition) is 3. The van der Waals surface area contributed by atoms with Crippen LogP contribution >= 0.6 is 0 Å². The molecule has 3 rings (SSSR count). The molecule has 5 nitrogen and oxygen atoms in total. The molecular weight excluding hydrogens is 326 g/mol. The van der Waals surface area contributed by atoms with Crippen molar-refractivity contribution in [2.75, 3.05) is 6.54 Å². The van der Waals surface area contributed by atoms with Crippen LogP contribution in [0, 0.1) is 5.41 Å². The van der Waals surface area contributed by atoms with Gasteiger partial charge in [0.05, 0.1) is 11.3 Å². The summed E-state index contributed by atoms with van der Waals surface area (Å²) in [5, 5.41) is 12.8. The van der Waals surface area contributed by atoms with Crippen LogP contribution in [-0.2, 0) is 17.8 Å². The van der Waals surface area contributed by atoms with Gasteiger partial charge < -0.3 is 20.9 Å². The predicted octanol–water partition coefficient (Wildman–Crippen LogP) is 2.29. The highest BCUT2D eigenvalue weighted by molar-refractivity contribution is 6.12. The van der Waals surface area contributed by atoms with E-state index in [2.05, 4.69) is 17.2 Å². The number of amides is 1. The molecule has 0 bridgehead atoms. The minimum atomic E-state index is -2.72. The van der Waals surface area contributed by atoms with Gasteiger partial charge in [-0.1, -0.05) is 30.8 Å². The first kappa shape index (κ1) is 16.9. The number of hydrogen-bond acceptors (Lipinski definition) is 4.